The number of guanidine groups is 1. The highest BCUT2D eigenvalue weighted by Crippen LogP contribution is 2.12. The maximum Gasteiger partial charge on any atom is 0.193 e. The van der Waals surface area contributed by atoms with E-state index in [4.69, 9.17) is 5.73 Å². The smallest absolute Gasteiger partial charge is 0.193 e. The van der Waals surface area contributed by atoms with Crippen LogP contribution in [0, 0.1) is 0 Å². The molecule has 23 heavy (non-hydrogen) atoms. The highest BCUT2D eigenvalue weighted by molar-refractivity contribution is 5.92. The number of nitrogens with two attached hydrogens (primary N) is 1. The maximum atomic E-state index is 5.95. The first kappa shape index (κ1) is 16.9. The van der Waals surface area contributed by atoms with Gasteiger partial charge in [0.2, 0.25) is 0 Å². The van der Waals surface area contributed by atoms with Crippen molar-refractivity contribution in [2.75, 3.05) is 30.4 Å². The Balaban J connectivity index is 1.76. The third-order valence-electron chi connectivity index (χ3n) is 3.74. The average molecular weight is 310 g/mol. The molecule has 0 unspecified atom stereocenters. The number of para-hydroxylation sites is 1. The summed E-state index contributed by atoms with van der Waals surface area (Å²) >= 11 is 0. The summed E-state index contributed by atoms with van der Waals surface area (Å²) in [6.45, 7) is 3.80. The van der Waals surface area contributed by atoms with E-state index in [9.17, 15) is 0 Å². The van der Waals surface area contributed by atoms with Crippen LogP contribution >= 0.6 is 0 Å². The molecule has 0 amide bonds. The molecule has 0 aliphatic rings. The minimum absolute atomic E-state index is 0.473. The second kappa shape index (κ2) is 8.83. The summed E-state index contributed by atoms with van der Waals surface area (Å²) in [6.07, 6.45) is 1.97. The number of hydrogen-bond acceptors (Lipinski definition) is 2. The monoisotopic (exact) mass is 310 g/mol. The van der Waals surface area contributed by atoms with E-state index in [1.165, 1.54) is 11.3 Å². The maximum absolute atomic E-state index is 5.95. The summed E-state index contributed by atoms with van der Waals surface area (Å²) in [5.41, 5.74) is 9.45. The molecule has 0 bridgehead atoms. The van der Waals surface area contributed by atoms with Crippen molar-refractivity contribution in [3.8, 4) is 0 Å². The van der Waals surface area contributed by atoms with Gasteiger partial charge in [0, 0.05) is 31.5 Å². The Kier molecular flexibility index (Phi) is 6.48. The summed E-state index contributed by atoms with van der Waals surface area (Å²) < 4.78 is 0. The third kappa shape index (κ3) is 5.66. The lowest BCUT2D eigenvalue weighted by molar-refractivity contribution is 0.795. The van der Waals surface area contributed by atoms with Gasteiger partial charge >= 0.3 is 0 Å². The number of nitrogens with zero attached hydrogens (tertiary/aromatic N) is 2. The van der Waals surface area contributed by atoms with Crippen LogP contribution in [0.3, 0.4) is 0 Å². The Labute approximate surface area is 139 Å². The van der Waals surface area contributed by atoms with Crippen LogP contribution in [0.15, 0.2) is 59.6 Å². The predicted molar refractivity (Wildman–Crippen MR) is 100 cm³/mol. The fourth-order valence-corrected chi connectivity index (χ4v) is 2.38. The Morgan fingerprint density at radius 3 is 2.65 bits per heavy atom. The van der Waals surface area contributed by atoms with Gasteiger partial charge in [0.25, 0.3) is 0 Å². The topological polar surface area (TPSA) is 53.6 Å². The van der Waals surface area contributed by atoms with Crippen LogP contribution in [-0.2, 0) is 6.42 Å². The molecule has 0 saturated heterocycles. The van der Waals surface area contributed by atoms with Crippen LogP contribution in [0.1, 0.15) is 18.9 Å². The number of aryl methyl sites for hydroxylation is 1. The van der Waals surface area contributed by atoms with Crippen molar-refractivity contribution >= 4 is 17.3 Å². The normalized spacial score (nSPS) is 11.3. The first-order chi connectivity index (χ1) is 11.2. The van der Waals surface area contributed by atoms with Crippen LogP contribution in [-0.4, -0.2) is 26.1 Å². The molecule has 0 aliphatic heterocycles. The molecule has 2 aromatic rings. The van der Waals surface area contributed by atoms with Crippen molar-refractivity contribution in [1.82, 2.24) is 0 Å². The van der Waals surface area contributed by atoms with Gasteiger partial charge < -0.3 is 16.0 Å². The summed E-state index contributed by atoms with van der Waals surface area (Å²) in [6, 6.07) is 18.6. The summed E-state index contributed by atoms with van der Waals surface area (Å²) in [4.78, 5) is 6.62. The quantitative estimate of drug-likeness (QED) is 0.467. The standard InChI is InChI=1S/C19H26N4/c1-3-16-9-7-10-17(15-16)22-19(20)21-13-8-14-23(2)18-11-5-4-6-12-18/h4-7,9-12,15H,3,8,13-14H2,1-2H3,(H3,20,21,22). The van der Waals surface area contributed by atoms with E-state index in [1.54, 1.807) is 0 Å². The molecule has 4 heteroatoms. The van der Waals surface area contributed by atoms with Gasteiger partial charge in [0.1, 0.15) is 0 Å². The zero-order chi connectivity index (χ0) is 16.5. The number of nitrogens with one attached hydrogen (secondary N) is 1. The molecule has 0 heterocycles. The van der Waals surface area contributed by atoms with Crippen LogP contribution in [0.2, 0.25) is 0 Å². The predicted octanol–water partition coefficient (Wildman–Crippen LogP) is 3.50. The molecule has 0 aromatic heterocycles. The molecule has 0 aliphatic carbocycles. The zero-order valence-electron chi connectivity index (χ0n) is 14.0. The number of anilines is 2. The lowest BCUT2D eigenvalue weighted by Gasteiger charge is -2.18. The highest BCUT2D eigenvalue weighted by atomic mass is 15.1. The Morgan fingerprint density at radius 2 is 1.91 bits per heavy atom. The first-order valence-electron chi connectivity index (χ1n) is 8.11. The van der Waals surface area contributed by atoms with Gasteiger partial charge in [-0.3, -0.25) is 4.99 Å². The van der Waals surface area contributed by atoms with E-state index in [0.717, 1.165) is 25.1 Å². The van der Waals surface area contributed by atoms with Crippen LogP contribution in [0.25, 0.3) is 0 Å². The van der Waals surface area contributed by atoms with Crippen molar-refractivity contribution in [2.24, 2.45) is 10.7 Å². The minimum atomic E-state index is 0.473. The van der Waals surface area contributed by atoms with E-state index in [1.807, 2.05) is 18.2 Å². The molecule has 0 radical (unpaired) electrons. The number of benzene rings is 2. The molecule has 3 N–H and O–H groups in total. The van der Waals surface area contributed by atoms with Crippen LogP contribution < -0.4 is 16.0 Å². The molecular formula is C19H26N4. The number of hydrogen-bond donors (Lipinski definition) is 2. The SMILES string of the molecule is CCc1cccc(NC(N)=NCCCN(C)c2ccccc2)c1. The van der Waals surface area contributed by atoms with Crippen molar-refractivity contribution < 1.29 is 0 Å². The molecule has 0 spiro atoms. The Bertz CT molecular complexity index is 622. The Morgan fingerprint density at radius 1 is 1.13 bits per heavy atom. The van der Waals surface area contributed by atoms with E-state index in [-0.39, 0.29) is 0 Å². The van der Waals surface area contributed by atoms with E-state index >= 15 is 0 Å². The van der Waals surface area contributed by atoms with Crippen LogP contribution in [0.5, 0.6) is 0 Å². The fraction of sp³-hybridized carbons (Fsp3) is 0.316. The summed E-state index contributed by atoms with van der Waals surface area (Å²) in [5, 5.41) is 3.15. The van der Waals surface area contributed by atoms with E-state index in [0.29, 0.717) is 12.5 Å². The van der Waals surface area contributed by atoms with Gasteiger partial charge in [-0.2, -0.15) is 0 Å². The summed E-state index contributed by atoms with van der Waals surface area (Å²) in [5.74, 6) is 0.473. The average Bonchev–Trinajstić information content (AvgIpc) is 2.59. The van der Waals surface area contributed by atoms with E-state index < -0.39 is 0 Å². The van der Waals surface area contributed by atoms with E-state index in [2.05, 4.69) is 65.6 Å². The van der Waals surface area contributed by atoms with Crippen molar-refractivity contribution in [2.45, 2.75) is 19.8 Å². The molecule has 2 rings (SSSR count). The third-order valence-corrected chi connectivity index (χ3v) is 3.74. The van der Waals surface area contributed by atoms with Crippen molar-refractivity contribution in [1.29, 1.82) is 0 Å². The summed E-state index contributed by atoms with van der Waals surface area (Å²) in [7, 11) is 2.09. The van der Waals surface area contributed by atoms with Crippen molar-refractivity contribution in [3.63, 3.8) is 0 Å². The second-order valence-electron chi connectivity index (χ2n) is 5.56. The molecule has 2 aromatic carbocycles. The van der Waals surface area contributed by atoms with Crippen LogP contribution in [0.4, 0.5) is 11.4 Å². The lowest BCUT2D eigenvalue weighted by Crippen LogP contribution is -2.24. The molecule has 122 valence electrons. The van der Waals surface area contributed by atoms with Gasteiger partial charge in [0.05, 0.1) is 0 Å². The van der Waals surface area contributed by atoms with Crippen molar-refractivity contribution in [3.05, 3.63) is 60.2 Å². The largest absolute Gasteiger partial charge is 0.375 e. The fourth-order valence-electron chi connectivity index (χ4n) is 2.38. The Hall–Kier alpha value is -2.49. The zero-order valence-corrected chi connectivity index (χ0v) is 14.0. The first-order valence-corrected chi connectivity index (χ1v) is 8.11. The number of rotatable bonds is 7. The molecule has 0 saturated carbocycles. The second-order valence-corrected chi connectivity index (χ2v) is 5.56. The number of aliphatic imine (C=N–C) groups is 1. The highest BCUT2D eigenvalue weighted by Gasteiger charge is 1.99. The molecule has 0 atom stereocenters. The van der Waals surface area contributed by atoms with Gasteiger partial charge in [-0.15, -0.1) is 0 Å². The minimum Gasteiger partial charge on any atom is -0.375 e. The van der Waals surface area contributed by atoms with Gasteiger partial charge in [-0.1, -0.05) is 37.3 Å². The molecular weight excluding hydrogens is 284 g/mol. The molecule has 0 fully saturated rings. The van der Waals surface area contributed by atoms with Gasteiger partial charge in [0.15, 0.2) is 5.96 Å². The van der Waals surface area contributed by atoms with Gasteiger partial charge in [-0.05, 0) is 42.7 Å². The lowest BCUT2D eigenvalue weighted by atomic mass is 10.1. The van der Waals surface area contributed by atoms with Gasteiger partial charge in [-0.25, -0.2) is 0 Å². The molecule has 4 nitrogen and oxygen atoms in total.